The fraction of sp³-hybridized carbons (Fsp3) is 0.300. The van der Waals surface area contributed by atoms with Crippen LogP contribution in [0.4, 0.5) is 13.2 Å². The molecule has 0 aliphatic carbocycles. The van der Waals surface area contributed by atoms with E-state index in [1.54, 1.807) is 0 Å². The van der Waals surface area contributed by atoms with Gasteiger partial charge in [-0.25, -0.2) is 4.39 Å². The van der Waals surface area contributed by atoms with Crippen LogP contribution in [0.15, 0.2) is 18.2 Å². The minimum absolute atomic E-state index is 0.0595. The van der Waals surface area contributed by atoms with Crippen LogP contribution in [0.1, 0.15) is 17.9 Å². The average molecular weight is 253 g/mol. The predicted molar refractivity (Wildman–Crippen MR) is 52.3 cm³/mol. The molecule has 0 saturated carbocycles. The van der Waals surface area contributed by atoms with E-state index < -0.39 is 23.6 Å². The monoisotopic (exact) mass is 252 g/mol. The first-order valence-electron chi connectivity index (χ1n) is 4.30. The summed E-state index contributed by atoms with van der Waals surface area (Å²) in [5.74, 6) is -1.60. The van der Waals surface area contributed by atoms with Gasteiger partial charge in [0.15, 0.2) is 5.78 Å². The molecule has 1 atom stereocenters. The summed E-state index contributed by atoms with van der Waals surface area (Å²) in [6.07, 6.45) is 0. The summed E-state index contributed by atoms with van der Waals surface area (Å²) in [6.45, 7) is -1.81. The molecule has 0 N–H and O–H groups in total. The van der Waals surface area contributed by atoms with Gasteiger partial charge in [0.25, 0.3) is 0 Å². The third-order valence-electron chi connectivity index (χ3n) is 1.83. The van der Waals surface area contributed by atoms with Crippen LogP contribution in [0, 0.1) is 5.82 Å². The quantitative estimate of drug-likeness (QED) is 0.769. The van der Waals surface area contributed by atoms with Gasteiger partial charge in [0.2, 0.25) is 0 Å². The van der Waals surface area contributed by atoms with Crippen molar-refractivity contribution in [3.05, 3.63) is 29.6 Å². The van der Waals surface area contributed by atoms with Crippen molar-refractivity contribution in [2.24, 2.45) is 0 Å². The number of Topliss-reactive ketones (excluding diaryl/α,β-unsaturated/α-hetero) is 1. The van der Waals surface area contributed by atoms with Crippen molar-refractivity contribution in [3.63, 3.8) is 0 Å². The van der Waals surface area contributed by atoms with E-state index in [-0.39, 0.29) is 11.3 Å². The van der Waals surface area contributed by atoms with Crippen molar-refractivity contribution in [1.82, 2.24) is 0 Å². The molecular formula is C10H8ClF3O2. The third-order valence-corrected chi connectivity index (χ3v) is 2.37. The number of rotatable bonds is 4. The molecule has 0 bridgehead atoms. The third kappa shape index (κ3) is 3.13. The molecule has 0 fully saturated rings. The Morgan fingerprint density at radius 2 is 2.06 bits per heavy atom. The van der Waals surface area contributed by atoms with Crippen LogP contribution < -0.4 is 4.74 Å². The van der Waals surface area contributed by atoms with Crippen molar-refractivity contribution in [1.29, 1.82) is 0 Å². The van der Waals surface area contributed by atoms with Crippen LogP contribution in [0.25, 0.3) is 0 Å². The zero-order valence-corrected chi connectivity index (χ0v) is 8.97. The van der Waals surface area contributed by atoms with E-state index in [9.17, 15) is 18.0 Å². The Labute approximate surface area is 95.0 Å². The van der Waals surface area contributed by atoms with E-state index in [4.69, 9.17) is 11.6 Å². The topological polar surface area (TPSA) is 26.3 Å². The van der Waals surface area contributed by atoms with Crippen molar-refractivity contribution in [2.45, 2.75) is 18.9 Å². The number of hydrogen-bond donors (Lipinski definition) is 0. The molecule has 88 valence electrons. The number of halogens is 4. The van der Waals surface area contributed by atoms with Crippen molar-refractivity contribution >= 4 is 17.4 Å². The minimum atomic E-state index is -3.02. The second kappa shape index (κ2) is 5.21. The molecule has 2 nitrogen and oxygen atoms in total. The van der Waals surface area contributed by atoms with Gasteiger partial charge < -0.3 is 4.74 Å². The maximum Gasteiger partial charge on any atom is 0.387 e. The molecule has 0 radical (unpaired) electrons. The van der Waals surface area contributed by atoms with Gasteiger partial charge in [-0.15, -0.1) is 11.6 Å². The Morgan fingerprint density at radius 1 is 1.44 bits per heavy atom. The molecule has 1 rings (SSSR count). The lowest BCUT2D eigenvalue weighted by atomic mass is 10.1. The lowest BCUT2D eigenvalue weighted by Crippen LogP contribution is -2.06. The van der Waals surface area contributed by atoms with E-state index in [1.165, 1.54) is 6.92 Å². The molecular weight excluding hydrogens is 245 g/mol. The summed E-state index contributed by atoms with van der Waals surface area (Å²) in [7, 11) is 0. The van der Waals surface area contributed by atoms with Gasteiger partial charge in [-0.1, -0.05) is 6.07 Å². The maximum atomic E-state index is 13.3. The smallest absolute Gasteiger partial charge is 0.387 e. The number of carbonyl (C=O) groups excluding carboxylic acids is 1. The normalized spacial score (nSPS) is 12.6. The number of carbonyl (C=O) groups is 1. The van der Waals surface area contributed by atoms with Gasteiger partial charge in [0.1, 0.15) is 16.9 Å². The standard InChI is InChI=1S/C10H8ClF3O2/c1-5(15)9(11)7-3-2-6(4-8(7)12)16-10(13)14/h2-4,9-10H,1H3. The van der Waals surface area contributed by atoms with Crippen LogP contribution in [-0.4, -0.2) is 12.4 Å². The fourth-order valence-corrected chi connectivity index (χ4v) is 1.29. The minimum Gasteiger partial charge on any atom is -0.435 e. The molecule has 1 aromatic rings. The Morgan fingerprint density at radius 3 is 2.50 bits per heavy atom. The van der Waals surface area contributed by atoms with Gasteiger partial charge in [-0.2, -0.15) is 8.78 Å². The first kappa shape index (κ1) is 12.8. The summed E-state index contributed by atoms with van der Waals surface area (Å²) in [5, 5.41) is -1.12. The molecule has 0 amide bonds. The van der Waals surface area contributed by atoms with E-state index in [0.29, 0.717) is 0 Å². The molecule has 0 heterocycles. The molecule has 0 spiro atoms. The van der Waals surface area contributed by atoms with Crippen molar-refractivity contribution in [3.8, 4) is 5.75 Å². The lowest BCUT2D eigenvalue weighted by Gasteiger charge is -2.09. The highest BCUT2D eigenvalue weighted by Crippen LogP contribution is 2.27. The van der Waals surface area contributed by atoms with E-state index in [1.807, 2.05) is 0 Å². The van der Waals surface area contributed by atoms with Gasteiger partial charge in [0.05, 0.1) is 0 Å². The first-order valence-corrected chi connectivity index (χ1v) is 4.74. The summed E-state index contributed by atoms with van der Waals surface area (Å²) in [6, 6.07) is 3.04. The summed E-state index contributed by atoms with van der Waals surface area (Å²) < 4.78 is 41.0. The largest absolute Gasteiger partial charge is 0.435 e. The predicted octanol–water partition coefficient (Wildman–Crippen LogP) is 3.30. The van der Waals surface area contributed by atoms with Crippen LogP contribution in [0.3, 0.4) is 0 Å². The van der Waals surface area contributed by atoms with Crippen molar-refractivity contribution in [2.75, 3.05) is 0 Å². The number of ketones is 1. The average Bonchev–Trinajstić information content (AvgIpc) is 2.15. The molecule has 6 heteroatoms. The summed E-state index contributed by atoms with van der Waals surface area (Å²) in [4.78, 5) is 10.9. The zero-order valence-electron chi connectivity index (χ0n) is 8.22. The highest BCUT2D eigenvalue weighted by atomic mass is 35.5. The van der Waals surface area contributed by atoms with Gasteiger partial charge in [-0.05, 0) is 13.0 Å². The second-order valence-electron chi connectivity index (χ2n) is 3.04. The van der Waals surface area contributed by atoms with Crippen LogP contribution in [0.2, 0.25) is 0 Å². The molecule has 0 aliphatic rings. The SMILES string of the molecule is CC(=O)C(Cl)c1ccc(OC(F)F)cc1F. The molecule has 0 saturated heterocycles. The van der Waals surface area contributed by atoms with E-state index >= 15 is 0 Å². The summed E-state index contributed by atoms with van der Waals surface area (Å²) in [5.41, 5.74) is -0.0595. The summed E-state index contributed by atoms with van der Waals surface area (Å²) >= 11 is 5.63. The van der Waals surface area contributed by atoms with Crippen molar-refractivity contribution < 1.29 is 22.7 Å². The number of benzene rings is 1. The number of hydrogen-bond acceptors (Lipinski definition) is 2. The molecule has 0 aliphatic heterocycles. The number of ether oxygens (including phenoxy) is 1. The first-order chi connectivity index (χ1) is 7.41. The van der Waals surface area contributed by atoms with Crippen LogP contribution >= 0.6 is 11.6 Å². The molecule has 1 aromatic carbocycles. The van der Waals surface area contributed by atoms with Crippen LogP contribution in [-0.2, 0) is 4.79 Å². The Kier molecular flexibility index (Phi) is 4.18. The van der Waals surface area contributed by atoms with Gasteiger partial charge in [0, 0.05) is 11.6 Å². The Hall–Kier alpha value is -1.23. The number of alkyl halides is 3. The lowest BCUT2D eigenvalue weighted by molar-refractivity contribution is -0.116. The highest BCUT2D eigenvalue weighted by molar-refractivity contribution is 6.30. The van der Waals surface area contributed by atoms with Gasteiger partial charge >= 0.3 is 6.61 Å². The zero-order chi connectivity index (χ0) is 12.3. The van der Waals surface area contributed by atoms with E-state index in [2.05, 4.69) is 4.74 Å². The maximum absolute atomic E-state index is 13.3. The molecule has 16 heavy (non-hydrogen) atoms. The molecule has 1 unspecified atom stereocenters. The fourth-order valence-electron chi connectivity index (χ4n) is 1.11. The Bertz CT molecular complexity index is 396. The van der Waals surface area contributed by atoms with E-state index in [0.717, 1.165) is 18.2 Å². The van der Waals surface area contributed by atoms with Crippen LogP contribution in [0.5, 0.6) is 5.75 Å². The second-order valence-corrected chi connectivity index (χ2v) is 3.47. The highest BCUT2D eigenvalue weighted by Gasteiger charge is 2.18. The Balaban J connectivity index is 2.95. The van der Waals surface area contributed by atoms with Gasteiger partial charge in [-0.3, -0.25) is 4.79 Å². The molecule has 0 aromatic heterocycles.